The number of carbonyl (C=O) groups is 3. The van der Waals surface area contributed by atoms with Gasteiger partial charge >= 0.3 is 5.97 Å². The molecule has 3 aromatic rings. The summed E-state index contributed by atoms with van der Waals surface area (Å²) in [7, 11) is 1.79. The van der Waals surface area contributed by atoms with Gasteiger partial charge in [0.15, 0.2) is 0 Å². The molecule has 2 N–H and O–H groups in total. The third kappa shape index (κ3) is 9.89. The van der Waals surface area contributed by atoms with Gasteiger partial charge in [-0.15, -0.1) is 0 Å². The number of esters is 1. The van der Waals surface area contributed by atoms with Gasteiger partial charge in [0.05, 0.1) is 12.0 Å². The molecule has 6 heteroatoms. The summed E-state index contributed by atoms with van der Waals surface area (Å²) < 4.78 is 5.95. The quantitative estimate of drug-likeness (QED) is 0.112. The van der Waals surface area contributed by atoms with E-state index >= 15 is 0 Å². The molecular weight excluding hydrogens is 536 g/mol. The molecule has 0 radical (unpaired) electrons. The van der Waals surface area contributed by atoms with Crippen molar-refractivity contribution in [3.8, 4) is 0 Å². The molecule has 0 spiro atoms. The molecule has 2 unspecified atom stereocenters. The highest BCUT2D eigenvalue weighted by Gasteiger charge is 2.41. The molecule has 0 aliphatic heterocycles. The number of nitrogens with one attached hydrogen (secondary N) is 2. The van der Waals surface area contributed by atoms with Gasteiger partial charge in [0.1, 0.15) is 11.4 Å². The van der Waals surface area contributed by atoms with Crippen LogP contribution in [0.1, 0.15) is 82.9 Å². The number of hydrogen-bond donors (Lipinski definition) is 2. The molecule has 0 saturated carbocycles. The minimum atomic E-state index is -0.655. The number of amides is 1. The van der Waals surface area contributed by atoms with Gasteiger partial charge in [0.2, 0.25) is 5.91 Å². The van der Waals surface area contributed by atoms with Crippen LogP contribution >= 0.6 is 0 Å². The Morgan fingerprint density at radius 1 is 0.744 bits per heavy atom. The Bertz CT molecular complexity index is 1190. The largest absolute Gasteiger partial charge is 0.460 e. The van der Waals surface area contributed by atoms with Crippen LogP contribution in [0.15, 0.2) is 91.0 Å². The molecule has 0 fully saturated rings. The van der Waals surface area contributed by atoms with Gasteiger partial charge < -0.3 is 15.4 Å². The number of ether oxygens (including phenoxy) is 1. The maximum Gasteiger partial charge on any atom is 0.309 e. The monoisotopic (exact) mass is 584 g/mol. The van der Waals surface area contributed by atoms with Crippen LogP contribution in [0.5, 0.6) is 0 Å². The van der Waals surface area contributed by atoms with Gasteiger partial charge in [-0.1, -0.05) is 91.0 Å². The summed E-state index contributed by atoms with van der Waals surface area (Å²) >= 11 is 0. The highest BCUT2D eigenvalue weighted by Crippen LogP contribution is 2.45. The fourth-order valence-electron chi connectivity index (χ4n) is 5.73. The first-order valence-corrected chi connectivity index (χ1v) is 15.4. The van der Waals surface area contributed by atoms with Crippen molar-refractivity contribution < 1.29 is 19.1 Å². The normalized spacial score (nSPS) is 13.1. The molecule has 43 heavy (non-hydrogen) atoms. The first-order chi connectivity index (χ1) is 20.6. The highest BCUT2D eigenvalue weighted by atomic mass is 16.6. The lowest BCUT2D eigenvalue weighted by Crippen LogP contribution is -2.37. The maximum atomic E-state index is 13.8. The van der Waals surface area contributed by atoms with Gasteiger partial charge in [-0.2, -0.15) is 0 Å². The van der Waals surface area contributed by atoms with Gasteiger partial charge in [-0.05, 0) is 83.5 Å². The van der Waals surface area contributed by atoms with Crippen molar-refractivity contribution in [2.24, 2.45) is 5.92 Å². The average molecular weight is 585 g/mol. The molecule has 230 valence electrons. The topological polar surface area (TPSA) is 84.5 Å². The van der Waals surface area contributed by atoms with Crippen LogP contribution in [0.25, 0.3) is 0 Å². The number of benzene rings is 3. The Labute approximate surface area is 257 Å². The molecule has 6 nitrogen and oxygen atoms in total. The number of likely N-dealkylation sites (N-methyl/N-ethyl adjacent to an activating group) is 1. The first-order valence-electron chi connectivity index (χ1n) is 15.4. The molecule has 0 aromatic heterocycles. The van der Waals surface area contributed by atoms with E-state index in [2.05, 4.69) is 47.0 Å². The molecular formula is C37H48N2O4. The highest BCUT2D eigenvalue weighted by molar-refractivity contribution is 5.81. The van der Waals surface area contributed by atoms with E-state index in [0.717, 1.165) is 36.0 Å². The third-order valence-corrected chi connectivity index (χ3v) is 7.89. The Kier molecular flexibility index (Phi) is 12.7. The van der Waals surface area contributed by atoms with Crippen molar-refractivity contribution in [3.63, 3.8) is 0 Å². The summed E-state index contributed by atoms with van der Waals surface area (Å²) in [6.45, 7) is 7.74. The summed E-state index contributed by atoms with van der Waals surface area (Å²) in [5.74, 6) is -0.792. The third-order valence-electron chi connectivity index (χ3n) is 7.89. The second kappa shape index (κ2) is 16.2. The summed E-state index contributed by atoms with van der Waals surface area (Å²) in [5, 5.41) is 6.04. The van der Waals surface area contributed by atoms with E-state index in [1.165, 1.54) is 0 Å². The average Bonchev–Trinajstić information content (AvgIpc) is 2.99. The summed E-state index contributed by atoms with van der Waals surface area (Å²) in [6, 6.07) is 30.7. The van der Waals surface area contributed by atoms with Crippen LogP contribution < -0.4 is 10.6 Å². The fraction of sp³-hybridized carbons (Fsp3) is 0.432. The Hall–Kier alpha value is -3.77. The number of rotatable bonds is 16. The predicted molar refractivity (Wildman–Crippen MR) is 173 cm³/mol. The molecule has 0 bridgehead atoms. The van der Waals surface area contributed by atoms with Crippen LogP contribution in [0.2, 0.25) is 0 Å². The van der Waals surface area contributed by atoms with Crippen LogP contribution in [-0.2, 0) is 24.5 Å². The Morgan fingerprint density at radius 2 is 1.23 bits per heavy atom. The Balaban J connectivity index is 1.87. The van der Waals surface area contributed by atoms with Crippen molar-refractivity contribution in [2.75, 3.05) is 13.6 Å². The smallest absolute Gasteiger partial charge is 0.309 e. The number of carbonyl (C=O) groups excluding carboxylic acids is 3. The second-order valence-electron chi connectivity index (χ2n) is 12.3. The van der Waals surface area contributed by atoms with Crippen molar-refractivity contribution in [2.45, 2.75) is 83.3 Å². The lowest BCUT2D eigenvalue weighted by atomic mass is 9.64. The number of unbranched alkanes of at least 4 members (excludes halogenated alkanes) is 1. The van der Waals surface area contributed by atoms with Crippen LogP contribution in [-0.4, -0.2) is 42.9 Å². The molecule has 0 saturated heterocycles. The van der Waals surface area contributed by atoms with Gasteiger partial charge in [0, 0.05) is 18.4 Å². The minimum Gasteiger partial charge on any atom is -0.460 e. The lowest BCUT2D eigenvalue weighted by molar-refractivity contribution is -0.161. The van der Waals surface area contributed by atoms with E-state index in [1.54, 1.807) is 14.0 Å². The zero-order valence-electron chi connectivity index (χ0n) is 26.4. The van der Waals surface area contributed by atoms with Gasteiger partial charge in [-0.3, -0.25) is 14.4 Å². The van der Waals surface area contributed by atoms with Crippen molar-refractivity contribution >= 4 is 17.7 Å². The number of Topliss-reactive ketones (excluding diaryl/α,β-unsaturated/α-hetero) is 1. The van der Waals surface area contributed by atoms with E-state index in [0.29, 0.717) is 19.4 Å². The van der Waals surface area contributed by atoms with Crippen molar-refractivity contribution in [3.05, 3.63) is 108 Å². The molecule has 2 atom stereocenters. The van der Waals surface area contributed by atoms with Crippen LogP contribution in [0, 0.1) is 5.92 Å². The second-order valence-corrected chi connectivity index (χ2v) is 12.3. The van der Waals surface area contributed by atoms with E-state index in [1.807, 2.05) is 75.4 Å². The summed E-state index contributed by atoms with van der Waals surface area (Å²) in [5.41, 5.74) is 1.95. The van der Waals surface area contributed by atoms with Crippen molar-refractivity contribution in [1.29, 1.82) is 0 Å². The van der Waals surface area contributed by atoms with Gasteiger partial charge in [0.25, 0.3) is 0 Å². The maximum absolute atomic E-state index is 13.8. The predicted octanol–water partition coefficient (Wildman–Crippen LogP) is 6.61. The SMILES string of the molecule is CNC(CCCCNC(=O)CCC(CC(c1ccccc1)(c1ccccc1)c1ccccc1)C(=O)OC(C)(C)C)C(C)=O. The zero-order chi connectivity index (χ0) is 31.3. The van der Waals surface area contributed by atoms with Crippen LogP contribution in [0.3, 0.4) is 0 Å². The molecule has 3 rings (SSSR count). The van der Waals surface area contributed by atoms with E-state index in [9.17, 15) is 14.4 Å². The van der Waals surface area contributed by atoms with E-state index < -0.39 is 16.9 Å². The van der Waals surface area contributed by atoms with Gasteiger partial charge in [-0.25, -0.2) is 0 Å². The fourth-order valence-corrected chi connectivity index (χ4v) is 5.73. The lowest BCUT2D eigenvalue weighted by Gasteiger charge is -2.39. The summed E-state index contributed by atoms with van der Waals surface area (Å²) in [6.07, 6.45) is 3.38. The molecule has 0 aliphatic carbocycles. The molecule has 3 aromatic carbocycles. The van der Waals surface area contributed by atoms with Crippen LogP contribution in [0.4, 0.5) is 0 Å². The molecule has 0 aliphatic rings. The summed E-state index contributed by atoms with van der Waals surface area (Å²) in [4.78, 5) is 38.4. The van der Waals surface area contributed by atoms with E-state index in [-0.39, 0.29) is 30.1 Å². The molecule has 0 heterocycles. The number of hydrogen-bond acceptors (Lipinski definition) is 5. The molecule has 1 amide bonds. The Morgan fingerprint density at radius 3 is 1.65 bits per heavy atom. The van der Waals surface area contributed by atoms with Crippen molar-refractivity contribution in [1.82, 2.24) is 10.6 Å². The van der Waals surface area contributed by atoms with E-state index in [4.69, 9.17) is 4.74 Å². The standard InChI is InChI=1S/C37H48N2O4/c1-28(40)33(38-5)23-15-16-26-39-34(41)25-24-29(35(42)43-36(2,3)4)27-37(30-17-9-6-10-18-30,31-19-11-7-12-20-31)32-21-13-8-14-22-32/h6-14,17-22,29,33,38H,15-16,23-27H2,1-5H3,(H,39,41). The first kappa shape index (κ1) is 33.7. The zero-order valence-corrected chi connectivity index (χ0v) is 26.4. The minimum absolute atomic E-state index is 0.0879. The number of ketones is 1.